The van der Waals surface area contributed by atoms with Crippen molar-refractivity contribution in [3.05, 3.63) is 60.5 Å². The van der Waals surface area contributed by atoms with Crippen LogP contribution >= 0.6 is 0 Å². The summed E-state index contributed by atoms with van der Waals surface area (Å²) in [6.07, 6.45) is 1.24. The molecule has 11 heteroatoms. The lowest BCUT2D eigenvalue weighted by molar-refractivity contribution is -0.122. The molecular weight excluding hydrogens is 460 g/mol. The van der Waals surface area contributed by atoms with E-state index in [0.29, 0.717) is 37.1 Å². The van der Waals surface area contributed by atoms with E-state index in [1.807, 2.05) is 30.3 Å². The molecule has 2 heterocycles. The zero-order chi connectivity index (χ0) is 24.0. The van der Waals surface area contributed by atoms with Crippen LogP contribution in [-0.4, -0.2) is 49.1 Å². The Kier molecular flexibility index (Phi) is 7.13. The second kappa shape index (κ2) is 10.2. The van der Waals surface area contributed by atoms with Crippen LogP contribution in [0.4, 0.5) is 11.7 Å². The van der Waals surface area contributed by atoms with E-state index in [1.54, 1.807) is 12.1 Å². The molecule has 0 aliphatic carbocycles. The van der Waals surface area contributed by atoms with Crippen molar-refractivity contribution in [3.8, 4) is 5.75 Å². The Balaban J connectivity index is 1.29. The third-order valence-corrected chi connectivity index (χ3v) is 8.22. The lowest BCUT2D eigenvalue weighted by atomic mass is 9.98. The minimum Gasteiger partial charge on any atom is -0.494 e. The predicted octanol–water partition coefficient (Wildman–Crippen LogP) is 2.63. The van der Waals surface area contributed by atoms with Crippen molar-refractivity contribution in [2.24, 2.45) is 5.73 Å². The number of nitrogens with two attached hydrogens (primary N) is 1. The van der Waals surface area contributed by atoms with Crippen molar-refractivity contribution in [3.63, 3.8) is 0 Å². The van der Waals surface area contributed by atoms with Gasteiger partial charge in [-0.2, -0.15) is 0 Å². The van der Waals surface area contributed by atoms with Crippen molar-refractivity contribution in [2.75, 3.05) is 25.1 Å². The Morgan fingerprint density at radius 3 is 2.44 bits per heavy atom. The first kappa shape index (κ1) is 23.7. The van der Waals surface area contributed by atoms with Crippen LogP contribution in [0.1, 0.15) is 25.2 Å². The summed E-state index contributed by atoms with van der Waals surface area (Å²) < 4.78 is 41.2. The molecule has 0 saturated carbocycles. The van der Waals surface area contributed by atoms with Gasteiger partial charge in [-0.3, -0.25) is 4.79 Å². The highest BCUT2D eigenvalue weighted by Gasteiger charge is 2.51. The van der Waals surface area contributed by atoms with Crippen molar-refractivity contribution in [2.45, 2.75) is 35.3 Å². The number of para-hydroxylation sites is 1. The van der Waals surface area contributed by atoms with E-state index in [2.05, 4.69) is 15.5 Å². The second-order valence-electron chi connectivity index (χ2n) is 7.89. The maximum Gasteiger partial charge on any atom is 0.320 e. The van der Waals surface area contributed by atoms with E-state index in [9.17, 15) is 13.2 Å². The van der Waals surface area contributed by atoms with Crippen LogP contribution in [0, 0.1) is 0 Å². The molecule has 4 rings (SSSR count). The van der Waals surface area contributed by atoms with Gasteiger partial charge in [0.1, 0.15) is 5.75 Å². The van der Waals surface area contributed by atoms with Gasteiger partial charge in [-0.05, 0) is 55.7 Å². The minimum atomic E-state index is -3.96. The number of aryl methyl sites for hydroxylation is 1. The molecule has 0 atom stereocenters. The summed E-state index contributed by atoms with van der Waals surface area (Å²) in [6.45, 7) is 0.721. The van der Waals surface area contributed by atoms with Gasteiger partial charge in [0.05, 0.1) is 11.5 Å². The molecule has 0 bridgehead atoms. The number of anilines is 2. The Bertz CT molecular complexity index is 1210. The van der Waals surface area contributed by atoms with Crippen molar-refractivity contribution >= 4 is 27.4 Å². The molecule has 1 saturated heterocycles. The van der Waals surface area contributed by atoms with Gasteiger partial charge < -0.3 is 24.9 Å². The second-order valence-corrected chi connectivity index (χ2v) is 10.1. The quantitative estimate of drug-likeness (QED) is 0.413. The average Bonchev–Trinajstić information content (AvgIpc) is 3.30. The molecule has 1 aromatic heterocycles. The van der Waals surface area contributed by atoms with Gasteiger partial charge in [0, 0.05) is 25.3 Å². The number of ether oxygens (including phenoxy) is 2. The summed E-state index contributed by atoms with van der Waals surface area (Å²) in [5.41, 5.74) is 6.36. The van der Waals surface area contributed by atoms with Crippen molar-refractivity contribution in [1.29, 1.82) is 0 Å². The molecule has 10 nitrogen and oxygen atoms in total. The Labute approximate surface area is 197 Å². The summed E-state index contributed by atoms with van der Waals surface area (Å²) in [7, 11) is -3.96. The number of sulfone groups is 1. The number of carbonyl (C=O) groups excluding carboxylic acids is 1. The highest BCUT2D eigenvalue weighted by Crippen LogP contribution is 2.35. The van der Waals surface area contributed by atoms with E-state index in [4.69, 9.17) is 19.6 Å². The normalized spacial score (nSPS) is 15.5. The molecule has 3 aromatic rings. The third-order valence-electron chi connectivity index (χ3n) is 5.69. The Morgan fingerprint density at radius 2 is 1.76 bits per heavy atom. The van der Waals surface area contributed by atoms with Crippen LogP contribution in [0.15, 0.2) is 63.9 Å². The summed E-state index contributed by atoms with van der Waals surface area (Å²) in [6, 6.07) is 15.8. The van der Waals surface area contributed by atoms with Gasteiger partial charge in [-0.1, -0.05) is 23.3 Å². The molecule has 0 radical (unpaired) electrons. The molecule has 1 aliphatic rings. The lowest BCUT2D eigenvalue weighted by Crippen LogP contribution is -2.53. The average molecular weight is 487 g/mol. The van der Waals surface area contributed by atoms with Gasteiger partial charge in [-0.15, -0.1) is 5.10 Å². The Hall–Kier alpha value is -3.44. The number of nitrogens with one attached hydrogen (secondary N) is 1. The Morgan fingerprint density at radius 1 is 1.06 bits per heavy atom. The van der Waals surface area contributed by atoms with Gasteiger partial charge in [0.25, 0.3) is 0 Å². The molecule has 1 fully saturated rings. The maximum atomic E-state index is 13.2. The largest absolute Gasteiger partial charge is 0.494 e. The monoisotopic (exact) mass is 486 g/mol. The number of hydrogen-bond donors (Lipinski definition) is 2. The number of primary amides is 1. The number of aromatic nitrogens is 2. The lowest BCUT2D eigenvalue weighted by Gasteiger charge is -2.33. The SMILES string of the molecule is NC(=O)C1(S(=O)(=O)c2ccc(OCCCc3nnc(Nc4ccccc4)o3)cc2)CCOCC1. The van der Waals surface area contributed by atoms with E-state index in [-0.39, 0.29) is 31.0 Å². The number of carbonyl (C=O) groups is 1. The molecule has 2 aromatic carbocycles. The number of hydrogen-bond acceptors (Lipinski definition) is 9. The summed E-state index contributed by atoms with van der Waals surface area (Å²) in [4.78, 5) is 12.1. The number of nitrogens with zero attached hydrogens (tertiary/aromatic N) is 2. The smallest absolute Gasteiger partial charge is 0.320 e. The van der Waals surface area contributed by atoms with E-state index in [1.165, 1.54) is 12.1 Å². The first-order chi connectivity index (χ1) is 16.4. The van der Waals surface area contributed by atoms with Crippen molar-refractivity contribution in [1.82, 2.24) is 10.2 Å². The summed E-state index contributed by atoms with van der Waals surface area (Å²) >= 11 is 0. The van der Waals surface area contributed by atoms with E-state index < -0.39 is 20.5 Å². The molecule has 0 spiro atoms. The zero-order valence-electron chi connectivity index (χ0n) is 18.5. The van der Waals surface area contributed by atoms with Gasteiger partial charge in [0.2, 0.25) is 11.8 Å². The fraction of sp³-hybridized carbons (Fsp3) is 0.348. The third kappa shape index (κ3) is 5.05. The molecule has 180 valence electrons. The molecule has 0 unspecified atom stereocenters. The standard InChI is InChI=1S/C23H26N4O6S/c24-21(28)23(12-15-31-16-13-23)34(29,30)19-10-8-18(9-11-19)32-14-4-7-20-26-27-22(33-20)25-17-5-2-1-3-6-17/h1-3,5-6,8-11H,4,7,12-16H2,(H2,24,28)(H,25,27). The molecule has 1 amide bonds. The van der Waals surface area contributed by atoms with Crippen LogP contribution in [0.3, 0.4) is 0 Å². The van der Waals surface area contributed by atoms with Gasteiger partial charge in [0.15, 0.2) is 14.6 Å². The van der Waals surface area contributed by atoms with Crippen LogP contribution < -0.4 is 15.8 Å². The first-order valence-electron chi connectivity index (χ1n) is 10.9. The number of amides is 1. The van der Waals surface area contributed by atoms with Gasteiger partial charge in [-0.25, -0.2) is 8.42 Å². The van der Waals surface area contributed by atoms with Crippen LogP contribution in [0.2, 0.25) is 0 Å². The maximum absolute atomic E-state index is 13.2. The molecule has 1 aliphatic heterocycles. The van der Waals surface area contributed by atoms with Crippen LogP contribution in [0.5, 0.6) is 5.75 Å². The zero-order valence-corrected chi connectivity index (χ0v) is 19.3. The highest BCUT2D eigenvalue weighted by molar-refractivity contribution is 7.93. The number of rotatable bonds is 10. The topological polar surface area (TPSA) is 147 Å². The molecule has 3 N–H and O–H groups in total. The first-order valence-corrected chi connectivity index (χ1v) is 12.4. The van der Waals surface area contributed by atoms with Crippen molar-refractivity contribution < 1.29 is 27.1 Å². The van der Waals surface area contributed by atoms with E-state index in [0.717, 1.165) is 5.69 Å². The molecule has 34 heavy (non-hydrogen) atoms. The fourth-order valence-corrected chi connectivity index (χ4v) is 5.67. The predicted molar refractivity (Wildman–Crippen MR) is 123 cm³/mol. The molecular formula is C23H26N4O6S. The fourth-order valence-electron chi connectivity index (χ4n) is 3.75. The highest BCUT2D eigenvalue weighted by atomic mass is 32.2. The van der Waals surface area contributed by atoms with Crippen LogP contribution in [-0.2, 0) is 25.8 Å². The van der Waals surface area contributed by atoms with E-state index >= 15 is 0 Å². The summed E-state index contributed by atoms with van der Waals surface area (Å²) in [5.74, 6) is 0.145. The summed E-state index contributed by atoms with van der Waals surface area (Å²) in [5, 5.41) is 11.0. The van der Waals surface area contributed by atoms with Gasteiger partial charge >= 0.3 is 6.01 Å². The number of benzene rings is 2. The minimum absolute atomic E-state index is 0.0323. The van der Waals surface area contributed by atoms with Crippen LogP contribution in [0.25, 0.3) is 0 Å².